The minimum atomic E-state index is -0.245. The van der Waals surface area contributed by atoms with Crippen LogP contribution < -0.4 is 14.8 Å². The van der Waals surface area contributed by atoms with E-state index in [0.29, 0.717) is 34.7 Å². The van der Waals surface area contributed by atoms with E-state index in [4.69, 9.17) is 9.47 Å². The van der Waals surface area contributed by atoms with Gasteiger partial charge in [-0.05, 0) is 61.9 Å². The summed E-state index contributed by atoms with van der Waals surface area (Å²) in [7, 11) is 0. The number of nitrogens with zero attached hydrogens (tertiary/aromatic N) is 4. The molecule has 1 amide bonds. The van der Waals surface area contributed by atoms with E-state index in [1.165, 1.54) is 0 Å². The number of aromatic nitrogens is 4. The molecule has 0 fully saturated rings. The fraction of sp³-hybridized carbons (Fsp3) is 0.130. The molecule has 0 bridgehead atoms. The Bertz CT molecular complexity index is 1170. The van der Waals surface area contributed by atoms with E-state index in [-0.39, 0.29) is 12.5 Å². The predicted molar refractivity (Wildman–Crippen MR) is 116 cm³/mol. The van der Waals surface area contributed by atoms with Crippen LogP contribution in [0.3, 0.4) is 0 Å². The van der Waals surface area contributed by atoms with Crippen molar-refractivity contribution < 1.29 is 14.3 Å². The van der Waals surface area contributed by atoms with Crippen molar-refractivity contribution >= 4 is 11.6 Å². The highest BCUT2D eigenvalue weighted by atomic mass is 16.5. The fourth-order valence-corrected chi connectivity index (χ4v) is 2.88. The number of carbonyl (C=O) groups excluding carboxylic acids is 1. The highest BCUT2D eigenvalue weighted by Crippen LogP contribution is 2.23. The van der Waals surface area contributed by atoms with Crippen molar-refractivity contribution in [3.05, 3.63) is 84.4 Å². The summed E-state index contributed by atoms with van der Waals surface area (Å²) in [4.78, 5) is 20.8. The Balaban J connectivity index is 1.36. The Kier molecular flexibility index (Phi) is 5.89. The van der Waals surface area contributed by atoms with Gasteiger partial charge in [-0.2, -0.15) is 10.1 Å². The standard InChI is InChI=1S/C23H21N5O3/c1-16-5-3-6-20(13-16)30-15-22(29)27-18-7-9-19(10-8-18)31-23-14-21(25-17(2)26-23)28-12-4-11-24-28/h3-14H,15H2,1-2H3,(H,27,29). The molecule has 0 aliphatic heterocycles. The normalized spacial score (nSPS) is 10.5. The first-order chi connectivity index (χ1) is 15.0. The number of carbonyl (C=O) groups is 1. The number of nitrogens with one attached hydrogen (secondary N) is 1. The van der Waals surface area contributed by atoms with Gasteiger partial charge in [0.15, 0.2) is 12.4 Å². The van der Waals surface area contributed by atoms with Gasteiger partial charge in [-0.1, -0.05) is 12.1 Å². The number of ether oxygens (including phenoxy) is 2. The van der Waals surface area contributed by atoms with Gasteiger partial charge in [0, 0.05) is 24.1 Å². The van der Waals surface area contributed by atoms with Crippen LogP contribution in [0.2, 0.25) is 0 Å². The lowest BCUT2D eigenvalue weighted by molar-refractivity contribution is -0.118. The first kappa shape index (κ1) is 20.1. The molecule has 8 nitrogen and oxygen atoms in total. The molecule has 0 radical (unpaired) electrons. The smallest absolute Gasteiger partial charge is 0.262 e. The largest absolute Gasteiger partial charge is 0.484 e. The molecule has 156 valence electrons. The van der Waals surface area contributed by atoms with E-state index in [9.17, 15) is 4.79 Å². The molecule has 4 rings (SSSR count). The maximum Gasteiger partial charge on any atom is 0.262 e. The van der Waals surface area contributed by atoms with Crippen molar-refractivity contribution in [3.63, 3.8) is 0 Å². The monoisotopic (exact) mass is 415 g/mol. The molecule has 4 aromatic rings. The summed E-state index contributed by atoms with van der Waals surface area (Å²) < 4.78 is 13.0. The molecular formula is C23H21N5O3. The van der Waals surface area contributed by atoms with Crippen LogP contribution in [-0.2, 0) is 4.79 Å². The van der Waals surface area contributed by atoms with Crippen molar-refractivity contribution in [1.29, 1.82) is 0 Å². The summed E-state index contributed by atoms with van der Waals surface area (Å²) >= 11 is 0. The Labute approximate surface area is 179 Å². The second kappa shape index (κ2) is 9.08. The number of benzene rings is 2. The minimum absolute atomic E-state index is 0.0713. The van der Waals surface area contributed by atoms with E-state index in [1.807, 2.05) is 37.3 Å². The van der Waals surface area contributed by atoms with Gasteiger partial charge in [-0.3, -0.25) is 4.79 Å². The van der Waals surface area contributed by atoms with Gasteiger partial charge >= 0.3 is 0 Å². The van der Waals surface area contributed by atoms with Crippen LogP contribution >= 0.6 is 0 Å². The maximum absolute atomic E-state index is 12.1. The molecule has 0 aliphatic rings. The van der Waals surface area contributed by atoms with Crippen LogP contribution in [0.5, 0.6) is 17.4 Å². The Hall–Kier alpha value is -4.20. The number of anilines is 1. The van der Waals surface area contributed by atoms with Gasteiger partial charge in [0.1, 0.15) is 17.3 Å². The number of hydrogen-bond donors (Lipinski definition) is 1. The van der Waals surface area contributed by atoms with Gasteiger partial charge in [0.05, 0.1) is 0 Å². The summed E-state index contributed by atoms with van der Waals surface area (Å²) in [6.45, 7) is 3.69. The quantitative estimate of drug-likeness (QED) is 0.489. The lowest BCUT2D eigenvalue weighted by Gasteiger charge is -2.10. The Morgan fingerprint density at radius 2 is 1.84 bits per heavy atom. The van der Waals surface area contributed by atoms with Crippen LogP contribution in [0, 0.1) is 13.8 Å². The highest BCUT2D eigenvalue weighted by molar-refractivity contribution is 5.91. The SMILES string of the molecule is Cc1cccc(OCC(=O)Nc2ccc(Oc3cc(-n4cccn4)nc(C)n3)cc2)c1. The molecule has 2 aromatic heterocycles. The van der Waals surface area contributed by atoms with Crippen LogP contribution in [-0.4, -0.2) is 32.3 Å². The summed E-state index contributed by atoms with van der Waals surface area (Å²) in [6.07, 6.45) is 3.47. The van der Waals surface area contributed by atoms with Crippen molar-refractivity contribution in [2.75, 3.05) is 11.9 Å². The third-order valence-corrected chi connectivity index (χ3v) is 4.26. The molecular weight excluding hydrogens is 394 g/mol. The van der Waals surface area contributed by atoms with E-state index >= 15 is 0 Å². The average molecular weight is 415 g/mol. The zero-order valence-electron chi connectivity index (χ0n) is 17.1. The number of hydrogen-bond acceptors (Lipinski definition) is 6. The second-order valence-electron chi connectivity index (χ2n) is 6.84. The van der Waals surface area contributed by atoms with Crippen molar-refractivity contribution in [1.82, 2.24) is 19.7 Å². The second-order valence-corrected chi connectivity index (χ2v) is 6.84. The molecule has 2 aromatic carbocycles. The van der Waals surface area contributed by atoms with Gasteiger partial charge in [-0.25, -0.2) is 9.67 Å². The molecule has 0 atom stereocenters. The molecule has 0 aliphatic carbocycles. The lowest BCUT2D eigenvalue weighted by atomic mass is 10.2. The zero-order chi connectivity index (χ0) is 21.6. The molecule has 0 saturated carbocycles. The molecule has 1 N–H and O–H groups in total. The van der Waals surface area contributed by atoms with Gasteiger partial charge < -0.3 is 14.8 Å². The van der Waals surface area contributed by atoms with Crippen LogP contribution in [0.25, 0.3) is 5.82 Å². The van der Waals surface area contributed by atoms with Crippen molar-refractivity contribution in [3.8, 4) is 23.2 Å². The summed E-state index contributed by atoms with van der Waals surface area (Å²) in [5.74, 6) is 2.59. The highest BCUT2D eigenvalue weighted by Gasteiger charge is 2.08. The third-order valence-electron chi connectivity index (χ3n) is 4.26. The van der Waals surface area contributed by atoms with E-state index in [2.05, 4.69) is 20.4 Å². The summed E-state index contributed by atoms with van der Waals surface area (Å²) in [6, 6.07) is 18.1. The fourth-order valence-electron chi connectivity index (χ4n) is 2.88. The topological polar surface area (TPSA) is 91.2 Å². The molecule has 0 unspecified atom stereocenters. The average Bonchev–Trinajstić information content (AvgIpc) is 3.28. The number of rotatable bonds is 7. The number of aryl methyl sites for hydroxylation is 2. The molecule has 31 heavy (non-hydrogen) atoms. The van der Waals surface area contributed by atoms with E-state index < -0.39 is 0 Å². The minimum Gasteiger partial charge on any atom is -0.484 e. The van der Waals surface area contributed by atoms with E-state index in [0.717, 1.165) is 5.56 Å². The van der Waals surface area contributed by atoms with Crippen LogP contribution in [0.1, 0.15) is 11.4 Å². The molecule has 2 heterocycles. The maximum atomic E-state index is 12.1. The lowest BCUT2D eigenvalue weighted by Crippen LogP contribution is -2.20. The van der Waals surface area contributed by atoms with Crippen molar-refractivity contribution in [2.24, 2.45) is 0 Å². The Morgan fingerprint density at radius 1 is 1.00 bits per heavy atom. The number of amides is 1. The molecule has 0 saturated heterocycles. The van der Waals surface area contributed by atoms with Crippen LogP contribution in [0.4, 0.5) is 5.69 Å². The summed E-state index contributed by atoms with van der Waals surface area (Å²) in [5, 5.41) is 6.97. The predicted octanol–water partition coefficient (Wildman–Crippen LogP) is 4.09. The van der Waals surface area contributed by atoms with Gasteiger partial charge in [0.25, 0.3) is 5.91 Å². The summed E-state index contributed by atoms with van der Waals surface area (Å²) in [5.41, 5.74) is 1.71. The molecule has 0 spiro atoms. The first-order valence-electron chi connectivity index (χ1n) is 9.68. The van der Waals surface area contributed by atoms with Crippen molar-refractivity contribution in [2.45, 2.75) is 13.8 Å². The Morgan fingerprint density at radius 3 is 2.58 bits per heavy atom. The first-order valence-corrected chi connectivity index (χ1v) is 9.68. The van der Waals surface area contributed by atoms with Crippen LogP contribution in [0.15, 0.2) is 73.1 Å². The zero-order valence-corrected chi connectivity index (χ0v) is 17.1. The van der Waals surface area contributed by atoms with E-state index in [1.54, 1.807) is 54.3 Å². The van der Waals surface area contributed by atoms with Gasteiger partial charge in [-0.15, -0.1) is 0 Å². The molecule has 8 heteroatoms. The van der Waals surface area contributed by atoms with Gasteiger partial charge in [0.2, 0.25) is 5.88 Å². The third kappa shape index (κ3) is 5.45.